The van der Waals surface area contributed by atoms with Crippen LogP contribution in [0.3, 0.4) is 0 Å². The van der Waals surface area contributed by atoms with Crippen LogP contribution in [0.5, 0.6) is 0 Å². The second-order valence-electron chi connectivity index (χ2n) is 4.43. The molecule has 0 amide bonds. The number of fused-ring (bicyclic) bond motifs is 1. The van der Waals surface area contributed by atoms with E-state index in [9.17, 15) is 9.59 Å². The van der Waals surface area contributed by atoms with Gasteiger partial charge in [0.2, 0.25) is 0 Å². The molecular formula is C15H12N2O3S2. The van der Waals surface area contributed by atoms with Crippen molar-refractivity contribution in [2.45, 2.75) is 5.16 Å². The molecule has 2 aromatic heterocycles. The normalized spacial score (nSPS) is 10.8. The summed E-state index contributed by atoms with van der Waals surface area (Å²) in [5, 5.41) is 2.93. The molecule has 0 aliphatic heterocycles. The fourth-order valence-corrected chi connectivity index (χ4v) is 3.71. The van der Waals surface area contributed by atoms with Crippen molar-refractivity contribution in [3.05, 3.63) is 46.1 Å². The zero-order chi connectivity index (χ0) is 15.5. The lowest BCUT2D eigenvalue weighted by molar-refractivity contribution is -0.137. The number of H-pyrrole nitrogens is 1. The smallest absolute Gasteiger partial charge is 0.316 e. The maximum absolute atomic E-state index is 12.4. The van der Waals surface area contributed by atoms with Gasteiger partial charge < -0.3 is 9.72 Å². The lowest BCUT2D eigenvalue weighted by atomic mass is 10.1. The minimum absolute atomic E-state index is 0.113. The summed E-state index contributed by atoms with van der Waals surface area (Å²) in [4.78, 5) is 31.3. The highest BCUT2D eigenvalue weighted by molar-refractivity contribution is 7.99. The lowest BCUT2D eigenvalue weighted by Gasteiger charge is -2.01. The largest absolute Gasteiger partial charge is 0.468 e. The van der Waals surface area contributed by atoms with Crippen LogP contribution >= 0.6 is 23.1 Å². The first kappa shape index (κ1) is 14.8. The van der Waals surface area contributed by atoms with E-state index in [0.29, 0.717) is 15.4 Å². The molecule has 22 heavy (non-hydrogen) atoms. The number of benzene rings is 1. The fraction of sp³-hybridized carbons (Fsp3) is 0.133. The second kappa shape index (κ2) is 6.33. The quantitative estimate of drug-likeness (QED) is 0.452. The maximum atomic E-state index is 12.4. The van der Waals surface area contributed by atoms with E-state index in [0.717, 1.165) is 22.9 Å². The Morgan fingerprint density at radius 2 is 2.14 bits per heavy atom. The number of carbonyl (C=O) groups is 1. The van der Waals surface area contributed by atoms with Crippen LogP contribution < -0.4 is 5.56 Å². The Bertz CT molecular complexity index is 871. The standard InChI is InChI=1S/C15H12N2O3S2/c1-20-11(18)8-22-15-16-13(19)12-10(7-21-14(12)17-15)9-5-3-2-4-6-9/h2-7H,8H2,1H3,(H,16,17,19). The third-order valence-electron chi connectivity index (χ3n) is 3.06. The molecule has 3 rings (SSSR count). The van der Waals surface area contributed by atoms with Gasteiger partial charge in [-0.15, -0.1) is 11.3 Å². The van der Waals surface area contributed by atoms with Gasteiger partial charge in [0.1, 0.15) is 4.83 Å². The van der Waals surface area contributed by atoms with Crippen molar-refractivity contribution < 1.29 is 9.53 Å². The third kappa shape index (κ3) is 2.90. The summed E-state index contributed by atoms with van der Waals surface area (Å²) in [5.74, 6) is -0.245. The van der Waals surface area contributed by atoms with E-state index in [1.807, 2.05) is 35.7 Å². The van der Waals surface area contributed by atoms with Crippen LogP contribution in [0.25, 0.3) is 21.3 Å². The number of hydrogen-bond acceptors (Lipinski definition) is 6. The van der Waals surface area contributed by atoms with E-state index in [1.165, 1.54) is 18.4 Å². The summed E-state index contributed by atoms with van der Waals surface area (Å²) < 4.78 is 4.57. The van der Waals surface area contributed by atoms with E-state index in [2.05, 4.69) is 14.7 Å². The molecular weight excluding hydrogens is 320 g/mol. The Kier molecular flexibility index (Phi) is 4.26. The predicted octanol–water partition coefficient (Wildman–Crippen LogP) is 2.92. The minimum atomic E-state index is -0.357. The average Bonchev–Trinajstić information content (AvgIpc) is 2.98. The summed E-state index contributed by atoms with van der Waals surface area (Å²) in [6.45, 7) is 0. The number of aromatic amines is 1. The van der Waals surface area contributed by atoms with Crippen molar-refractivity contribution in [1.29, 1.82) is 0 Å². The number of aromatic nitrogens is 2. The molecule has 0 aliphatic rings. The molecule has 0 atom stereocenters. The number of rotatable bonds is 4. The highest BCUT2D eigenvalue weighted by atomic mass is 32.2. The van der Waals surface area contributed by atoms with Crippen LogP contribution in [-0.2, 0) is 9.53 Å². The van der Waals surface area contributed by atoms with Crippen molar-refractivity contribution in [3.8, 4) is 11.1 Å². The van der Waals surface area contributed by atoms with Gasteiger partial charge in [-0.1, -0.05) is 42.1 Å². The zero-order valence-corrected chi connectivity index (χ0v) is 13.3. The summed E-state index contributed by atoms with van der Waals surface area (Å²) in [7, 11) is 1.33. The highest BCUT2D eigenvalue weighted by Crippen LogP contribution is 2.31. The first-order valence-electron chi connectivity index (χ1n) is 6.45. The lowest BCUT2D eigenvalue weighted by Crippen LogP contribution is -2.10. The summed E-state index contributed by atoms with van der Waals surface area (Å²) in [6, 6.07) is 9.71. The Labute approximate surface area is 134 Å². The number of ether oxygens (including phenoxy) is 1. The second-order valence-corrected chi connectivity index (χ2v) is 6.25. The number of carbonyl (C=O) groups excluding carboxylic acids is 1. The Hall–Kier alpha value is -2.12. The van der Waals surface area contributed by atoms with Gasteiger partial charge >= 0.3 is 5.97 Å². The number of hydrogen-bond donors (Lipinski definition) is 1. The van der Waals surface area contributed by atoms with Gasteiger partial charge in [-0.25, -0.2) is 4.98 Å². The van der Waals surface area contributed by atoms with Crippen LogP contribution in [0.1, 0.15) is 0 Å². The van der Waals surface area contributed by atoms with Gasteiger partial charge in [-0.05, 0) is 5.56 Å². The van der Waals surface area contributed by atoms with Gasteiger partial charge in [-0.2, -0.15) is 0 Å². The van der Waals surface area contributed by atoms with Crippen molar-refractivity contribution in [2.75, 3.05) is 12.9 Å². The number of nitrogens with zero attached hydrogens (tertiary/aromatic N) is 1. The molecule has 0 fully saturated rings. The topological polar surface area (TPSA) is 72.0 Å². The number of thiophene rings is 1. The molecule has 1 N–H and O–H groups in total. The Morgan fingerprint density at radius 3 is 2.86 bits per heavy atom. The van der Waals surface area contributed by atoms with Crippen molar-refractivity contribution in [2.24, 2.45) is 0 Å². The number of nitrogens with one attached hydrogen (secondary N) is 1. The molecule has 7 heteroatoms. The van der Waals surface area contributed by atoms with E-state index in [1.54, 1.807) is 0 Å². The van der Waals surface area contributed by atoms with Gasteiger partial charge in [0.15, 0.2) is 5.16 Å². The van der Waals surface area contributed by atoms with Gasteiger partial charge in [0.05, 0.1) is 18.2 Å². The summed E-state index contributed by atoms with van der Waals surface area (Å²) >= 11 is 2.57. The van der Waals surface area contributed by atoms with E-state index < -0.39 is 0 Å². The molecule has 0 saturated heterocycles. The van der Waals surface area contributed by atoms with E-state index >= 15 is 0 Å². The zero-order valence-electron chi connectivity index (χ0n) is 11.7. The van der Waals surface area contributed by atoms with Crippen LogP contribution in [0.4, 0.5) is 0 Å². The molecule has 0 unspecified atom stereocenters. The Balaban J connectivity index is 2.00. The molecule has 1 aromatic carbocycles. The molecule has 3 aromatic rings. The van der Waals surface area contributed by atoms with Crippen LogP contribution in [0.15, 0.2) is 45.7 Å². The molecule has 0 radical (unpaired) electrons. The highest BCUT2D eigenvalue weighted by Gasteiger charge is 2.13. The predicted molar refractivity (Wildman–Crippen MR) is 88.4 cm³/mol. The van der Waals surface area contributed by atoms with E-state index in [4.69, 9.17) is 0 Å². The van der Waals surface area contributed by atoms with Crippen molar-refractivity contribution in [3.63, 3.8) is 0 Å². The van der Waals surface area contributed by atoms with Crippen LogP contribution in [0.2, 0.25) is 0 Å². The van der Waals surface area contributed by atoms with Gasteiger partial charge in [-0.3, -0.25) is 9.59 Å². The molecule has 0 aliphatic carbocycles. The van der Waals surface area contributed by atoms with Gasteiger partial charge in [0, 0.05) is 10.9 Å². The monoisotopic (exact) mass is 332 g/mol. The molecule has 2 heterocycles. The third-order valence-corrected chi connectivity index (χ3v) is 4.78. The van der Waals surface area contributed by atoms with Crippen LogP contribution in [-0.4, -0.2) is 28.8 Å². The molecule has 112 valence electrons. The van der Waals surface area contributed by atoms with Crippen LogP contribution in [0, 0.1) is 0 Å². The molecule has 0 bridgehead atoms. The summed E-state index contributed by atoms with van der Waals surface area (Å²) in [5.41, 5.74) is 1.66. The maximum Gasteiger partial charge on any atom is 0.316 e. The van der Waals surface area contributed by atoms with E-state index in [-0.39, 0.29) is 17.3 Å². The number of thioether (sulfide) groups is 1. The fourth-order valence-electron chi connectivity index (χ4n) is 2.01. The minimum Gasteiger partial charge on any atom is -0.468 e. The summed E-state index contributed by atoms with van der Waals surface area (Å²) in [6.07, 6.45) is 0. The van der Waals surface area contributed by atoms with Crippen molar-refractivity contribution >= 4 is 39.3 Å². The Morgan fingerprint density at radius 1 is 1.36 bits per heavy atom. The first-order valence-corrected chi connectivity index (χ1v) is 8.32. The first-order chi connectivity index (χ1) is 10.7. The SMILES string of the molecule is COC(=O)CSc1nc2scc(-c3ccccc3)c2c(=O)[nH]1. The molecule has 0 saturated carbocycles. The number of methoxy groups -OCH3 is 1. The van der Waals surface area contributed by atoms with Gasteiger partial charge in [0.25, 0.3) is 5.56 Å². The molecule has 5 nitrogen and oxygen atoms in total. The van der Waals surface area contributed by atoms with Crippen molar-refractivity contribution in [1.82, 2.24) is 9.97 Å². The molecule has 0 spiro atoms. The number of esters is 1. The average molecular weight is 332 g/mol.